The van der Waals surface area contributed by atoms with Gasteiger partial charge >= 0.3 is 0 Å². The molecule has 1 rings (SSSR count). The summed E-state index contributed by atoms with van der Waals surface area (Å²) in [6.45, 7) is 3.46. The molecule has 0 aliphatic heterocycles. The number of anilines is 1. The van der Waals surface area contributed by atoms with Crippen molar-refractivity contribution in [3.05, 3.63) is 28.8 Å². The number of benzene rings is 1. The Kier molecular flexibility index (Phi) is 5.47. The number of rotatable bonds is 5. The maximum Gasteiger partial charge on any atom is 0.225 e. The van der Waals surface area contributed by atoms with Crippen molar-refractivity contribution in [2.45, 2.75) is 13.3 Å². The molecule has 0 heterocycles. The fourth-order valence-electron chi connectivity index (χ4n) is 1.29. The zero-order valence-electron chi connectivity index (χ0n) is 9.59. The van der Waals surface area contributed by atoms with Crippen LogP contribution in [0.5, 0.6) is 0 Å². The quantitative estimate of drug-likeness (QED) is 0.788. The Morgan fingerprint density at radius 3 is 2.94 bits per heavy atom. The molecule has 0 spiro atoms. The number of amides is 1. The lowest BCUT2D eigenvalue weighted by Gasteiger charge is -2.06. The van der Waals surface area contributed by atoms with Crippen molar-refractivity contribution < 1.29 is 4.79 Å². The van der Waals surface area contributed by atoms with E-state index in [2.05, 4.69) is 10.6 Å². The summed E-state index contributed by atoms with van der Waals surface area (Å²) in [7, 11) is 0. The topological polar surface area (TPSA) is 64.9 Å². The monoisotopic (exact) mass is 251 g/mol. The summed E-state index contributed by atoms with van der Waals surface area (Å²) in [5.74, 6) is -0.0860. The zero-order chi connectivity index (χ0) is 12.7. The minimum Gasteiger partial charge on any atom is -0.326 e. The molecule has 4 nitrogen and oxygen atoms in total. The van der Waals surface area contributed by atoms with Gasteiger partial charge in [-0.15, -0.1) is 0 Å². The zero-order valence-corrected chi connectivity index (χ0v) is 10.3. The number of carbonyl (C=O) groups is 1. The van der Waals surface area contributed by atoms with E-state index in [0.29, 0.717) is 29.2 Å². The van der Waals surface area contributed by atoms with Gasteiger partial charge in [-0.2, -0.15) is 5.26 Å². The van der Waals surface area contributed by atoms with Crippen molar-refractivity contribution in [1.29, 1.82) is 5.26 Å². The first-order chi connectivity index (χ1) is 8.17. The van der Waals surface area contributed by atoms with E-state index in [4.69, 9.17) is 16.9 Å². The van der Waals surface area contributed by atoms with Crippen molar-refractivity contribution in [2.24, 2.45) is 0 Å². The van der Waals surface area contributed by atoms with Crippen LogP contribution in [0, 0.1) is 11.3 Å². The fourth-order valence-corrected chi connectivity index (χ4v) is 1.45. The lowest BCUT2D eigenvalue weighted by atomic mass is 10.2. The molecular formula is C12H14ClN3O. The summed E-state index contributed by atoms with van der Waals surface area (Å²) in [4.78, 5) is 11.5. The van der Waals surface area contributed by atoms with E-state index in [9.17, 15) is 4.79 Å². The molecule has 0 aromatic heterocycles. The molecule has 0 aliphatic carbocycles. The summed E-state index contributed by atoms with van der Waals surface area (Å²) in [6.07, 6.45) is 0.401. The van der Waals surface area contributed by atoms with Crippen molar-refractivity contribution in [3.63, 3.8) is 0 Å². The van der Waals surface area contributed by atoms with Gasteiger partial charge in [-0.05, 0) is 24.7 Å². The van der Waals surface area contributed by atoms with Crippen LogP contribution >= 0.6 is 11.6 Å². The normalized spacial score (nSPS) is 9.71. The van der Waals surface area contributed by atoms with Crippen LogP contribution in [0.2, 0.25) is 5.02 Å². The highest BCUT2D eigenvalue weighted by Gasteiger charge is 2.04. The van der Waals surface area contributed by atoms with Crippen molar-refractivity contribution in [2.75, 3.05) is 18.4 Å². The van der Waals surface area contributed by atoms with Crippen LogP contribution in [0.15, 0.2) is 18.2 Å². The lowest BCUT2D eigenvalue weighted by molar-refractivity contribution is -0.116. The Labute approximate surface area is 106 Å². The Morgan fingerprint density at radius 1 is 1.53 bits per heavy atom. The number of hydrogen-bond acceptors (Lipinski definition) is 3. The fraction of sp³-hybridized carbons (Fsp3) is 0.333. The van der Waals surface area contributed by atoms with Crippen molar-refractivity contribution in [3.8, 4) is 6.07 Å². The Morgan fingerprint density at radius 2 is 2.29 bits per heavy atom. The summed E-state index contributed by atoms with van der Waals surface area (Å²) in [6, 6.07) is 6.80. The third-order valence-electron chi connectivity index (χ3n) is 2.15. The van der Waals surface area contributed by atoms with E-state index in [1.54, 1.807) is 18.2 Å². The second-order valence-electron chi connectivity index (χ2n) is 3.46. The highest BCUT2D eigenvalue weighted by molar-refractivity contribution is 6.31. The number of nitriles is 1. The van der Waals surface area contributed by atoms with Gasteiger partial charge in [0.15, 0.2) is 0 Å². The van der Waals surface area contributed by atoms with E-state index in [-0.39, 0.29) is 5.91 Å². The van der Waals surface area contributed by atoms with Crippen LogP contribution in [0.1, 0.15) is 18.9 Å². The van der Waals surface area contributed by atoms with Gasteiger partial charge in [-0.3, -0.25) is 4.79 Å². The van der Waals surface area contributed by atoms with Gasteiger partial charge in [0.1, 0.15) is 6.07 Å². The van der Waals surface area contributed by atoms with Crippen LogP contribution in [-0.4, -0.2) is 19.0 Å². The number of hydrogen-bond donors (Lipinski definition) is 2. The molecule has 17 heavy (non-hydrogen) atoms. The molecule has 2 N–H and O–H groups in total. The minimum absolute atomic E-state index is 0.0860. The largest absolute Gasteiger partial charge is 0.326 e. The van der Waals surface area contributed by atoms with Gasteiger partial charge in [0.05, 0.1) is 10.6 Å². The molecule has 0 saturated heterocycles. The third-order valence-corrected chi connectivity index (χ3v) is 2.48. The molecule has 0 unspecified atom stereocenters. The number of halogens is 1. The Hall–Kier alpha value is -1.57. The van der Waals surface area contributed by atoms with Crippen LogP contribution in [-0.2, 0) is 4.79 Å². The molecule has 1 aromatic rings. The van der Waals surface area contributed by atoms with Crippen LogP contribution < -0.4 is 10.6 Å². The molecule has 0 fully saturated rings. The molecule has 0 bridgehead atoms. The minimum atomic E-state index is -0.0860. The third kappa shape index (κ3) is 4.43. The van der Waals surface area contributed by atoms with E-state index in [0.717, 1.165) is 6.54 Å². The van der Waals surface area contributed by atoms with E-state index in [1.807, 2.05) is 13.0 Å². The maximum absolute atomic E-state index is 11.5. The van der Waals surface area contributed by atoms with Gasteiger partial charge in [-0.1, -0.05) is 18.5 Å². The van der Waals surface area contributed by atoms with Gasteiger partial charge in [0.2, 0.25) is 5.91 Å². The Balaban J connectivity index is 2.57. The first-order valence-corrected chi connectivity index (χ1v) is 5.75. The van der Waals surface area contributed by atoms with Gasteiger partial charge in [0, 0.05) is 18.7 Å². The summed E-state index contributed by atoms with van der Waals surface area (Å²) in [5, 5.41) is 15.0. The highest BCUT2D eigenvalue weighted by Crippen LogP contribution is 2.19. The summed E-state index contributed by atoms with van der Waals surface area (Å²) in [5.41, 5.74) is 0.948. The van der Waals surface area contributed by atoms with Gasteiger partial charge in [-0.25, -0.2) is 0 Å². The van der Waals surface area contributed by atoms with Crippen LogP contribution in [0.25, 0.3) is 0 Å². The molecule has 1 aromatic carbocycles. The summed E-state index contributed by atoms with van der Waals surface area (Å²) >= 11 is 5.79. The van der Waals surface area contributed by atoms with Gasteiger partial charge in [0.25, 0.3) is 0 Å². The van der Waals surface area contributed by atoms with Crippen LogP contribution in [0.3, 0.4) is 0 Å². The number of nitrogens with zero attached hydrogens (tertiary/aromatic N) is 1. The van der Waals surface area contributed by atoms with E-state index < -0.39 is 0 Å². The Bertz CT molecular complexity index is 440. The summed E-state index contributed by atoms with van der Waals surface area (Å²) < 4.78 is 0. The second-order valence-corrected chi connectivity index (χ2v) is 3.87. The van der Waals surface area contributed by atoms with E-state index in [1.165, 1.54) is 0 Å². The molecule has 1 amide bonds. The van der Waals surface area contributed by atoms with Gasteiger partial charge < -0.3 is 10.6 Å². The second kappa shape index (κ2) is 6.89. The average Bonchev–Trinajstić information content (AvgIpc) is 2.32. The molecule has 5 heteroatoms. The molecule has 0 aliphatic rings. The average molecular weight is 252 g/mol. The standard InChI is InChI=1S/C12H14ClN3O/c1-2-15-6-5-12(17)16-10-3-4-11(13)9(7-10)8-14/h3-4,7,15H,2,5-6H2,1H3,(H,16,17). The SMILES string of the molecule is CCNCCC(=O)Nc1ccc(Cl)c(C#N)c1. The maximum atomic E-state index is 11.5. The number of carbonyl (C=O) groups excluding carboxylic acids is 1. The van der Waals surface area contributed by atoms with E-state index >= 15 is 0 Å². The smallest absolute Gasteiger partial charge is 0.225 e. The number of nitrogens with one attached hydrogen (secondary N) is 2. The highest BCUT2D eigenvalue weighted by atomic mass is 35.5. The predicted molar refractivity (Wildman–Crippen MR) is 68.0 cm³/mol. The molecule has 0 radical (unpaired) electrons. The lowest BCUT2D eigenvalue weighted by Crippen LogP contribution is -2.21. The predicted octanol–water partition coefficient (Wildman–Crippen LogP) is 2.15. The van der Waals surface area contributed by atoms with Crippen molar-refractivity contribution in [1.82, 2.24) is 5.32 Å². The first kappa shape index (κ1) is 13.5. The molecule has 0 atom stereocenters. The van der Waals surface area contributed by atoms with Crippen molar-refractivity contribution >= 4 is 23.2 Å². The van der Waals surface area contributed by atoms with Crippen LogP contribution in [0.4, 0.5) is 5.69 Å². The first-order valence-electron chi connectivity index (χ1n) is 5.37. The molecule has 90 valence electrons. The molecular weight excluding hydrogens is 238 g/mol. The molecule has 0 saturated carbocycles.